The topological polar surface area (TPSA) is 33.3 Å². The molecule has 0 fully saturated rings. The molecule has 0 aliphatic heterocycles. The molecular weight excluding hydrogens is 268 g/mol. The molecule has 0 saturated carbocycles. The number of methoxy groups -OCH3 is 1. The van der Waals surface area contributed by atoms with Gasteiger partial charge >= 0.3 is 0 Å². The Hall–Kier alpha value is -0.420. The zero-order valence-corrected chi connectivity index (χ0v) is 11.2. The summed E-state index contributed by atoms with van der Waals surface area (Å²) in [6, 6.07) is 8.34. The molecule has 0 bridgehead atoms. The zero-order chi connectivity index (χ0) is 11.6. The van der Waals surface area contributed by atoms with Crippen molar-refractivity contribution in [1.29, 1.82) is 0 Å². The van der Waals surface area contributed by atoms with Crippen molar-refractivity contribution in [2.24, 2.45) is 0 Å². The third-order valence-corrected chi connectivity index (χ3v) is 2.67. The third kappa shape index (κ3) is 6.23. The van der Waals surface area contributed by atoms with E-state index in [9.17, 15) is 0 Å². The SMILES string of the molecule is COCCNCCNCc1cccc(Br)c1. The molecule has 0 heterocycles. The highest BCUT2D eigenvalue weighted by Crippen LogP contribution is 2.10. The standard InChI is InChI=1S/C12H19BrN2O/c1-16-8-7-14-5-6-15-10-11-3-2-4-12(13)9-11/h2-4,9,14-15H,5-8,10H2,1H3. The Balaban J connectivity index is 2.03. The van der Waals surface area contributed by atoms with Gasteiger partial charge in [0.1, 0.15) is 0 Å². The minimum absolute atomic E-state index is 0.769. The van der Waals surface area contributed by atoms with Crippen LogP contribution in [0.2, 0.25) is 0 Å². The molecule has 0 spiro atoms. The lowest BCUT2D eigenvalue weighted by Gasteiger charge is -2.06. The zero-order valence-electron chi connectivity index (χ0n) is 9.63. The van der Waals surface area contributed by atoms with Crippen molar-refractivity contribution >= 4 is 15.9 Å². The van der Waals surface area contributed by atoms with Crippen molar-refractivity contribution in [3.05, 3.63) is 34.3 Å². The molecule has 1 aromatic carbocycles. The molecule has 0 saturated heterocycles. The van der Waals surface area contributed by atoms with Crippen molar-refractivity contribution in [1.82, 2.24) is 10.6 Å². The van der Waals surface area contributed by atoms with Crippen LogP contribution in [0.4, 0.5) is 0 Å². The molecule has 0 aliphatic rings. The third-order valence-electron chi connectivity index (χ3n) is 2.18. The van der Waals surface area contributed by atoms with Crippen molar-refractivity contribution in [3.63, 3.8) is 0 Å². The molecule has 0 aromatic heterocycles. The van der Waals surface area contributed by atoms with E-state index < -0.39 is 0 Å². The summed E-state index contributed by atoms with van der Waals surface area (Å²) >= 11 is 3.46. The van der Waals surface area contributed by atoms with Crippen molar-refractivity contribution in [3.8, 4) is 0 Å². The van der Waals surface area contributed by atoms with Gasteiger partial charge in [-0.05, 0) is 17.7 Å². The molecule has 2 N–H and O–H groups in total. The molecule has 0 atom stereocenters. The Bertz CT molecular complexity index is 294. The quantitative estimate of drug-likeness (QED) is 0.715. The first-order valence-electron chi connectivity index (χ1n) is 5.48. The molecule has 1 aromatic rings. The Morgan fingerprint density at radius 2 is 2.00 bits per heavy atom. The first kappa shape index (κ1) is 13.6. The predicted octanol–water partition coefficient (Wildman–Crippen LogP) is 1.77. The summed E-state index contributed by atoms with van der Waals surface area (Å²) in [7, 11) is 1.72. The summed E-state index contributed by atoms with van der Waals surface area (Å²) in [4.78, 5) is 0. The van der Waals surface area contributed by atoms with Crippen LogP contribution in [0, 0.1) is 0 Å². The van der Waals surface area contributed by atoms with E-state index in [4.69, 9.17) is 4.74 Å². The highest BCUT2D eigenvalue weighted by atomic mass is 79.9. The fourth-order valence-corrected chi connectivity index (χ4v) is 1.80. The van der Waals surface area contributed by atoms with E-state index in [1.807, 2.05) is 6.07 Å². The number of hydrogen-bond donors (Lipinski definition) is 2. The minimum Gasteiger partial charge on any atom is -0.383 e. The van der Waals surface area contributed by atoms with Gasteiger partial charge in [0, 0.05) is 37.8 Å². The van der Waals surface area contributed by atoms with Crippen LogP contribution in [-0.2, 0) is 11.3 Å². The summed E-state index contributed by atoms with van der Waals surface area (Å²) in [5.41, 5.74) is 1.30. The van der Waals surface area contributed by atoms with Gasteiger partial charge in [0.05, 0.1) is 6.61 Å². The predicted molar refractivity (Wildman–Crippen MR) is 70.6 cm³/mol. The van der Waals surface area contributed by atoms with Crippen LogP contribution < -0.4 is 10.6 Å². The summed E-state index contributed by atoms with van der Waals surface area (Å²) in [5, 5.41) is 6.67. The van der Waals surface area contributed by atoms with Crippen LogP contribution >= 0.6 is 15.9 Å². The molecule has 16 heavy (non-hydrogen) atoms. The van der Waals surface area contributed by atoms with Gasteiger partial charge in [-0.3, -0.25) is 0 Å². The average Bonchev–Trinajstić information content (AvgIpc) is 2.28. The first-order chi connectivity index (χ1) is 7.83. The van der Waals surface area contributed by atoms with Gasteiger partial charge in [-0.25, -0.2) is 0 Å². The lowest BCUT2D eigenvalue weighted by Crippen LogP contribution is -2.29. The summed E-state index contributed by atoms with van der Waals surface area (Å²) < 4.78 is 6.07. The average molecular weight is 287 g/mol. The van der Waals surface area contributed by atoms with E-state index in [0.29, 0.717) is 0 Å². The molecule has 0 amide bonds. The van der Waals surface area contributed by atoms with E-state index >= 15 is 0 Å². The largest absolute Gasteiger partial charge is 0.383 e. The lowest BCUT2D eigenvalue weighted by atomic mass is 10.2. The maximum Gasteiger partial charge on any atom is 0.0587 e. The van der Waals surface area contributed by atoms with E-state index in [-0.39, 0.29) is 0 Å². The van der Waals surface area contributed by atoms with Crippen molar-refractivity contribution < 1.29 is 4.74 Å². The maximum atomic E-state index is 4.94. The number of halogens is 1. The van der Waals surface area contributed by atoms with E-state index in [2.05, 4.69) is 44.8 Å². The normalized spacial score (nSPS) is 10.6. The van der Waals surface area contributed by atoms with Crippen LogP contribution in [-0.4, -0.2) is 33.4 Å². The van der Waals surface area contributed by atoms with Crippen LogP contribution in [0.15, 0.2) is 28.7 Å². The fraction of sp³-hybridized carbons (Fsp3) is 0.500. The van der Waals surface area contributed by atoms with E-state index in [1.54, 1.807) is 7.11 Å². The van der Waals surface area contributed by atoms with Crippen molar-refractivity contribution in [2.45, 2.75) is 6.54 Å². The number of rotatable bonds is 8. The van der Waals surface area contributed by atoms with Crippen molar-refractivity contribution in [2.75, 3.05) is 33.4 Å². The Labute approximate surface area is 106 Å². The minimum atomic E-state index is 0.769. The molecule has 1 rings (SSSR count). The van der Waals surface area contributed by atoms with Gasteiger partial charge in [-0.1, -0.05) is 28.1 Å². The molecule has 3 nitrogen and oxygen atoms in total. The second kappa shape index (κ2) is 8.70. The number of hydrogen-bond acceptors (Lipinski definition) is 3. The van der Waals surface area contributed by atoms with Crippen LogP contribution in [0.25, 0.3) is 0 Å². The van der Waals surface area contributed by atoms with Gasteiger partial charge in [0.15, 0.2) is 0 Å². The molecule has 90 valence electrons. The van der Waals surface area contributed by atoms with Crippen LogP contribution in [0.5, 0.6) is 0 Å². The van der Waals surface area contributed by atoms with E-state index in [0.717, 1.165) is 37.3 Å². The monoisotopic (exact) mass is 286 g/mol. The van der Waals surface area contributed by atoms with Gasteiger partial charge in [-0.15, -0.1) is 0 Å². The Morgan fingerprint density at radius 1 is 1.19 bits per heavy atom. The van der Waals surface area contributed by atoms with Gasteiger partial charge in [0.2, 0.25) is 0 Å². The number of ether oxygens (including phenoxy) is 1. The summed E-state index contributed by atoms with van der Waals surface area (Å²) in [6.07, 6.45) is 0. The maximum absolute atomic E-state index is 4.94. The summed E-state index contributed by atoms with van der Waals surface area (Å²) in [5.74, 6) is 0. The summed E-state index contributed by atoms with van der Waals surface area (Å²) in [6.45, 7) is 4.53. The Morgan fingerprint density at radius 3 is 2.75 bits per heavy atom. The fourth-order valence-electron chi connectivity index (χ4n) is 1.36. The Kier molecular flexibility index (Phi) is 7.42. The molecular formula is C12H19BrN2O. The van der Waals surface area contributed by atoms with Crippen LogP contribution in [0.3, 0.4) is 0 Å². The number of nitrogens with one attached hydrogen (secondary N) is 2. The number of benzene rings is 1. The highest BCUT2D eigenvalue weighted by molar-refractivity contribution is 9.10. The smallest absolute Gasteiger partial charge is 0.0587 e. The molecule has 4 heteroatoms. The molecule has 0 unspecified atom stereocenters. The second-order valence-corrected chi connectivity index (χ2v) is 4.47. The van der Waals surface area contributed by atoms with Gasteiger partial charge < -0.3 is 15.4 Å². The second-order valence-electron chi connectivity index (χ2n) is 3.55. The van der Waals surface area contributed by atoms with E-state index in [1.165, 1.54) is 5.56 Å². The van der Waals surface area contributed by atoms with Gasteiger partial charge in [0.25, 0.3) is 0 Å². The lowest BCUT2D eigenvalue weighted by molar-refractivity contribution is 0.199. The highest BCUT2D eigenvalue weighted by Gasteiger charge is 1.93. The molecule has 0 aliphatic carbocycles. The van der Waals surface area contributed by atoms with Crippen LogP contribution in [0.1, 0.15) is 5.56 Å². The molecule has 0 radical (unpaired) electrons. The van der Waals surface area contributed by atoms with Gasteiger partial charge in [-0.2, -0.15) is 0 Å². The first-order valence-corrected chi connectivity index (χ1v) is 6.27.